The Morgan fingerprint density at radius 1 is 1.39 bits per heavy atom. The number of fused-ring (bicyclic) bond motifs is 1. The molecule has 0 saturated carbocycles. The molecule has 1 unspecified atom stereocenters. The van der Waals surface area contributed by atoms with Crippen LogP contribution in [0.3, 0.4) is 0 Å². The van der Waals surface area contributed by atoms with Crippen LogP contribution >= 0.6 is 11.3 Å². The van der Waals surface area contributed by atoms with E-state index in [-0.39, 0.29) is 6.04 Å². The molecule has 2 aromatic heterocycles. The van der Waals surface area contributed by atoms with Crippen LogP contribution < -0.4 is 5.32 Å². The van der Waals surface area contributed by atoms with Gasteiger partial charge >= 0.3 is 0 Å². The van der Waals surface area contributed by atoms with Crippen LogP contribution in [0.25, 0.3) is 0 Å². The van der Waals surface area contributed by atoms with E-state index in [0.717, 1.165) is 12.2 Å². The summed E-state index contributed by atoms with van der Waals surface area (Å²) in [6.45, 7) is 3.06. The lowest BCUT2D eigenvalue weighted by atomic mass is 10.1. The predicted molar refractivity (Wildman–Crippen MR) is 73.9 cm³/mol. The Bertz CT molecular complexity index is 500. The normalized spacial score (nSPS) is 15.6. The number of hydrogen-bond acceptors (Lipinski definition) is 4. The highest BCUT2D eigenvalue weighted by atomic mass is 32.1. The molecule has 0 radical (unpaired) electrons. The van der Waals surface area contributed by atoms with Gasteiger partial charge in [-0.05, 0) is 37.4 Å². The first kappa shape index (κ1) is 11.8. The largest absolute Gasteiger partial charge is 0.305 e. The monoisotopic (exact) mass is 259 g/mol. The molecule has 0 amide bonds. The van der Waals surface area contributed by atoms with Crippen molar-refractivity contribution < 1.29 is 0 Å². The van der Waals surface area contributed by atoms with Gasteiger partial charge in [0, 0.05) is 22.1 Å². The summed E-state index contributed by atoms with van der Waals surface area (Å²) < 4.78 is 0. The van der Waals surface area contributed by atoms with Crippen molar-refractivity contribution in [3.63, 3.8) is 0 Å². The Morgan fingerprint density at radius 2 is 2.33 bits per heavy atom. The average Bonchev–Trinajstić information content (AvgIpc) is 2.97. The number of aromatic nitrogens is 2. The van der Waals surface area contributed by atoms with Gasteiger partial charge in [0.2, 0.25) is 0 Å². The van der Waals surface area contributed by atoms with Crippen LogP contribution in [-0.2, 0) is 12.8 Å². The Balaban J connectivity index is 1.93. The second-order valence-electron chi connectivity index (χ2n) is 4.57. The van der Waals surface area contributed by atoms with Gasteiger partial charge < -0.3 is 5.32 Å². The summed E-state index contributed by atoms with van der Waals surface area (Å²) in [7, 11) is 0. The van der Waals surface area contributed by atoms with Crippen LogP contribution in [-0.4, -0.2) is 16.5 Å². The summed E-state index contributed by atoms with van der Waals surface area (Å²) >= 11 is 1.93. The number of thiophene rings is 1. The molecule has 0 aromatic carbocycles. The molecule has 94 valence electrons. The molecule has 3 nitrogen and oxygen atoms in total. The van der Waals surface area contributed by atoms with Gasteiger partial charge in [0.15, 0.2) is 0 Å². The molecule has 3 rings (SSSR count). The van der Waals surface area contributed by atoms with Crippen molar-refractivity contribution in [1.29, 1.82) is 0 Å². The zero-order valence-electron chi connectivity index (χ0n) is 10.5. The molecule has 0 fully saturated rings. The third-order valence-electron chi connectivity index (χ3n) is 3.34. The zero-order chi connectivity index (χ0) is 12.4. The van der Waals surface area contributed by atoms with Crippen molar-refractivity contribution in [2.75, 3.05) is 6.54 Å². The van der Waals surface area contributed by atoms with E-state index in [1.165, 1.54) is 24.1 Å². The number of rotatable bonds is 4. The van der Waals surface area contributed by atoms with Crippen LogP contribution in [0.15, 0.2) is 24.7 Å². The molecule has 1 atom stereocenters. The maximum absolute atomic E-state index is 4.44. The minimum atomic E-state index is 0.194. The molecular weight excluding hydrogens is 242 g/mol. The van der Waals surface area contributed by atoms with E-state index in [0.29, 0.717) is 0 Å². The third-order valence-corrected chi connectivity index (χ3v) is 4.64. The molecule has 0 aliphatic heterocycles. The molecular formula is C14H17N3S. The fourth-order valence-electron chi connectivity index (χ4n) is 2.51. The van der Waals surface area contributed by atoms with Crippen LogP contribution in [0.4, 0.5) is 0 Å². The lowest BCUT2D eigenvalue weighted by molar-refractivity contribution is 0.621. The summed E-state index contributed by atoms with van der Waals surface area (Å²) in [6, 6.07) is 2.55. The standard InChI is InChI=1S/C14H17N3S/c1-2-16-14(11-9-15-6-7-17-11)13-8-10-4-3-5-12(10)18-13/h6-9,14,16H,2-5H2,1H3. The van der Waals surface area contributed by atoms with Crippen LogP contribution in [0.1, 0.15) is 40.4 Å². The topological polar surface area (TPSA) is 37.8 Å². The highest BCUT2D eigenvalue weighted by Gasteiger charge is 2.21. The van der Waals surface area contributed by atoms with E-state index >= 15 is 0 Å². The van der Waals surface area contributed by atoms with Crippen molar-refractivity contribution in [3.8, 4) is 0 Å². The molecule has 2 aromatic rings. The molecule has 0 saturated heterocycles. The first-order valence-electron chi connectivity index (χ1n) is 6.49. The molecule has 2 heterocycles. The van der Waals surface area contributed by atoms with Gasteiger partial charge in [-0.2, -0.15) is 0 Å². The van der Waals surface area contributed by atoms with Crippen molar-refractivity contribution in [3.05, 3.63) is 45.7 Å². The quantitative estimate of drug-likeness (QED) is 0.917. The van der Waals surface area contributed by atoms with Crippen LogP contribution in [0.5, 0.6) is 0 Å². The zero-order valence-corrected chi connectivity index (χ0v) is 11.3. The Hall–Kier alpha value is -1.26. The van der Waals surface area contributed by atoms with Crippen molar-refractivity contribution >= 4 is 11.3 Å². The van der Waals surface area contributed by atoms with Crippen molar-refractivity contribution in [2.45, 2.75) is 32.2 Å². The summed E-state index contributed by atoms with van der Waals surface area (Å²) in [6.07, 6.45) is 9.16. The van der Waals surface area contributed by atoms with Gasteiger partial charge in [-0.3, -0.25) is 9.97 Å². The fraction of sp³-hybridized carbons (Fsp3) is 0.429. The lowest BCUT2D eigenvalue weighted by Crippen LogP contribution is -2.22. The number of aryl methyl sites for hydroxylation is 2. The van der Waals surface area contributed by atoms with E-state index in [1.54, 1.807) is 22.8 Å². The number of nitrogens with one attached hydrogen (secondary N) is 1. The fourth-order valence-corrected chi connectivity index (χ4v) is 3.86. The number of hydrogen-bond donors (Lipinski definition) is 1. The van der Waals surface area contributed by atoms with Gasteiger partial charge in [-0.15, -0.1) is 11.3 Å². The van der Waals surface area contributed by atoms with Gasteiger partial charge in [0.05, 0.1) is 17.9 Å². The average molecular weight is 259 g/mol. The summed E-state index contributed by atoms with van der Waals surface area (Å²) in [5, 5.41) is 3.51. The smallest absolute Gasteiger partial charge is 0.0860 e. The second kappa shape index (κ2) is 5.16. The molecule has 1 N–H and O–H groups in total. The Kier molecular flexibility index (Phi) is 3.39. The SMILES string of the molecule is CCNC(c1cnccn1)c1cc2c(s1)CCC2. The molecule has 1 aliphatic rings. The lowest BCUT2D eigenvalue weighted by Gasteiger charge is -2.15. The minimum absolute atomic E-state index is 0.194. The third kappa shape index (κ3) is 2.18. The molecule has 4 heteroatoms. The van der Waals surface area contributed by atoms with Gasteiger partial charge in [-0.25, -0.2) is 0 Å². The van der Waals surface area contributed by atoms with Crippen molar-refractivity contribution in [2.24, 2.45) is 0 Å². The van der Waals surface area contributed by atoms with E-state index in [9.17, 15) is 0 Å². The first-order chi connectivity index (χ1) is 8.88. The van der Waals surface area contributed by atoms with Crippen molar-refractivity contribution in [1.82, 2.24) is 15.3 Å². The van der Waals surface area contributed by atoms with Gasteiger partial charge in [-0.1, -0.05) is 6.92 Å². The summed E-state index contributed by atoms with van der Waals surface area (Å²) in [4.78, 5) is 11.6. The molecule has 18 heavy (non-hydrogen) atoms. The minimum Gasteiger partial charge on any atom is -0.305 e. The highest BCUT2D eigenvalue weighted by molar-refractivity contribution is 7.12. The molecule has 0 bridgehead atoms. The van der Waals surface area contributed by atoms with E-state index in [1.807, 2.05) is 17.5 Å². The van der Waals surface area contributed by atoms with E-state index in [4.69, 9.17) is 0 Å². The van der Waals surface area contributed by atoms with Crippen LogP contribution in [0.2, 0.25) is 0 Å². The Morgan fingerprint density at radius 3 is 3.06 bits per heavy atom. The molecule has 1 aliphatic carbocycles. The van der Waals surface area contributed by atoms with E-state index in [2.05, 4.69) is 28.3 Å². The Labute approximate surface area is 111 Å². The van der Waals surface area contributed by atoms with Gasteiger partial charge in [0.1, 0.15) is 0 Å². The molecule has 0 spiro atoms. The predicted octanol–water partition coefficient (Wildman–Crippen LogP) is 2.73. The maximum atomic E-state index is 4.44. The highest BCUT2D eigenvalue weighted by Crippen LogP contribution is 2.35. The van der Waals surface area contributed by atoms with E-state index < -0.39 is 0 Å². The maximum Gasteiger partial charge on any atom is 0.0860 e. The van der Waals surface area contributed by atoms with Crippen LogP contribution in [0, 0.1) is 0 Å². The first-order valence-corrected chi connectivity index (χ1v) is 7.31. The summed E-state index contributed by atoms with van der Waals surface area (Å²) in [5.41, 5.74) is 2.56. The number of nitrogens with zero attached hydrogens (tertiary/aromatic N) is 2. The second-order valence-corrected chi connectivity index (χ2v) is 5.74. The summed E-state index contributed by atoms with van der Waals surface area (Å²) in [5.74, 6) is 0. The van der Waals surface area contributed by atoms with Gasteiger partial charge in [0.25, 0.3) is 0 Å².